The van der Waals surface area contributed by atoms with Gasteiger partial charge in [0.25, 0.3) is 0 Å². The molecule has 0 aromatic carbocycles. The maximum absolute atomic E-state index is 12.2. The fraction of sp³-hybridized carbons (Fsp3) is 0.727. The summed E-state index contributed by atoms with van der Waals surface area (Å²) in [5.74, 6) is 0. The lowest BCUT2D eigenvalue weighted by molar-refractivity contribution is 0.551. The molecule has 1 heterocycles. The Labute approximate surface area is 109 Å². The highest BCUT2D eigenvalue weighted by atomic mass is 32.2. The molecule has 0 unspecified atom stereocenters. The summed E-state index contributed by atoms with van der Waals surface area (Å²) in [6.45, 7) is 5.70. The van der Waals surface area contributed by atoms with Crippen LogP contribution in [0.1, 0.15) is 31.2 Å². The van der Waals surface area contributed by atoms with Gasteiger partial charge in [0, 0.05) is 19.6 Å². The second-order valence-electron chi connectivity index (χ2n) is 4.52. The number of rotatable bonds is 6. The van der Waals surface area contributed by atoms with Crippen LogP contribution in [0.4, 0.5) is 0 Å². The molecule has 1 aromatic rings. The van der Waals surface area contributed by atoms with E-state index < -0.39 is 10.0 Å². The van der Waals surface area contributed by atoms with Crippen LogP contribution in [-0.2, 0) is 17.1 Å². The Morgan fingerprint density at radius 1 is 1.44 bits per heavy atom. The largest absolute Gasteiger partial charge is 0.327 e. The number of sulfonamides is 1. The molecular formula is C11H22N4O2S. The molecule has 0 aliphatic carbocycles. The molecule has 0 spiro atoms. The first-order valence-corrected chi connectivity index (χ1v) is 7.53. The van der Waals surface area contributed by atoms with E-state index in [1.807, 2.05) is 6.92 Å². The van der Waals surface area contributed by atoms with Crippen molar-refractivity contribution in [1.29, 1.82) is 0 Å². The van der Waals surface area contributed by atoms with E-state index in [1.54, 1.807) is 25.6 Å². The Morgan fingerprint density at radius 2 is 2.06 bits per heavy atom. The van der Waals surface area contributed by atoms with E-state index in [1.165, 1.54) is 0 Å². The van der Waals surface area contributed by atoms with Crippen LogP contribution in [-0.4, -0.2) is 30.8 Å². The Kier molecular flexibility index (Phi) is 4.89. The predicted molar refractivity (Wildman–Crippen MR) is 70.8 cm³/mol. The Morgan fingerprint density at radius 3 is 2.50 bits per heavy atom. The van der Waals surface area contributed by atoms with Crippen molar-refractivity contribution in [1.82, 2.24) is 14.5 Å². The van der Waals surface area contributed by atoms with Crippen molar-refractivity contribution in [3.8, 4) is 0 Å². The molecule has 1 atom stereocenters. The number of nitrogens with one attached hydrogen (secondary N) is 1. The SMILES string of the molecule is CCC[C@H](N)CNS(=O)(=O)c1c(C)nn(C)c1C. The third kappa shape index (κ3) is 3.30. The molecule has 6 nitrogen and oxygen atoms in total. The highest BCUT2D eigenvalue weighted by molar-refractivity contribution is 7.89. The first-order chi connectivity index (χ1) is 8.29. The molecule has 1 rings (SSSR count). The number of aryl methyl sites for hydroxylation is 2. The lowest BCUT2D eigenvalue weighted by Crippen LogP contribution is -2.37. The molecule has 0 aliphatic rings. The fourth-order valence-electron chi connectivity index (χ4n) is 1.90. The summed E-state index contributed by atoms with van der Waals surface area (Å²) in [5.41, 5.74) is 6.94. The van der Waals surface area contributed by atoms with Crippen LogP contribution in [0.5, 0.6) is 0 Å². The van der Waals surface area contributed by atoms with E-state index in [-0.39, 0.29) is 17.5 Å². The van der Waals surface area contributed by atoms with Crippen LogP contribution in [0.25, 0.3) is 0 Å². The van der Waals surface area contributed by atoms with Gasteiger partial charge in [0.1, 0.15) is 4.90 Å². The molecule has 18 heavy (non-hydrogen) atoms. The highest BCUT2D eigenvalue weighted by Gasteiger charge is 2.23. The predicted octanol–water partition coefficient (Wildman–Crippen LogP) is 0.443. The van der Waals surface area contributed by atoms with Gasteiger partial charge in [-0.1, -0.05) is 13.3 Å². The van der Waals surface area contributed by atoms with Crippen molar-refractivity contribution in [3.05, 3.63) is 11.4 Å². The topological polar surface area (TPSA) is 90.0 Å². The van der Waals surface area contributed by atoms with E-state index in [0.29, 0.717) is 11.4 Å². The Balaban J connectivity index is 2.87. The summed E-state index contributed by atoms with van der Waals surface area (Å²) >= 11 is 0. The van der Waals surface area contributed by atoms with Crippen molar-refractivity contribution in [2.24, 2.45) is 12.8 Å². The molecule has 104 valence electrons. The highest BCUT2D eigenvalue weighted by Crippen LogP contribution is 2.18. The molecule has 3 N–H and O–H groups in total. The number of aromatic nitrogens is 2. The van der Waals surface area contributed by atoms with Crippen LogP contribution < -0.4 is 10.5 Å². The van der Waals surface area contributed by atoms with Crippen LogP contribution in [0, 0.1) is 13.8 Å². The molecule has 0 radical (unpaired) electrons. The van der Waals surface area contributed by atoms with Gasteiger partial charge in [-0.25, -0.2) is 13.1 Å². The van der Waals surface area contributed by atoms with Crippen molar-refractivity contribution >= 4 is 10.0 Å². The monoisotopic (exact) mass is 274 g/mol. The summed E-state index contributed by atoms with van der Waals surface area (Å²) in [6, 6.07) is -0.151. The van der Waals surface area contributed by atoms with Gasteiger partial charge in [-0.2, -0.15) is 5.10 Å². The zero-order valence-corrected chi connectivity index (χ0v) is 12.2. The lowest BCUT2D eigenvalue weighted by atomic mass is 10.2. The van der Waals surface area contributed by atoms with Gasteiger partial charge in [0.05, 0.1) is 11.4 Å². The van der Waals surface area contributed by atoms with Crippen LogP contribution in [0.3, 0.4) is 0 Å². The Hall–Kier alpha value is -0.920. The minimum Gasteiger partial charge on any atom is -0.327 e. The van der Waals surface area contributed by atoms with Crippen molar-refractivity contribution in [3.63, 3.8) is 0 Å². The third-order valence-electron chi connectivity index (χ3n) is 2.91. The summed E-state index contributed by atoms with van der Waals surface area (Å²) in [6.07, 6.45) is 1.74. The molecule has 0 saturated carbocycles. The van der Waals surface area contributed by atoms with Crippen molar-refractivity contribution in [2.75, 3.05) is 6.54 Å². The second kappa shape index (κ2) is 5.81. The summed E-state index contributed by atoms with van der Waals surface area (Å²) < 4.78 is 28.5. The number of nitrogens with two attached hydrogens (primary N) is 1. The summed E-state index contributed by atoms with van der Waals surface area (Å²) in [5, 5.41) is 4.11. The molecular weight excluding hydrogens is 252 g/mol. The van der Waals surface area contributed by atoms with Gasteiger partial charge in [-0.15, -0.1) is 0 Å². The summed E-state index contributed by atoms with van der Waals surface area (Å²) in [7, 11) is -1.80. The van der Waals surface area contributed by atoms with Gasteiger partial charge in [-0.3, -0.25) is 4.68 Å². The van der Waals surface area contributed by atoms with Crippen LogP contribution in [0.2, 0.25) is 0 Å². The maximum atomic E-state index is 12.2. The molecule has 0 amide bonds. The standard InChI is InChI=1S/C11H22N4O2S/c1-5-6-10(12)7-13-18(16,17)11-8(2)14-15(4)9(11)3/h10,13H,5-7,12H2,1-4H3/t10-/m0/s1. The summed E-state index contributed by atoms with van der Waals surface area (Å²) in [4.78, 5) is 0.258. The normalized spacial score (nSPS) is 13.8. The molecule has 0 saturated heterocycles. The molecule has 0 aliphatic heterocycles. The van der Waals surface area contributed by atoms with E-state index in [0.717, 1.165) is 12.8 Å². The van der Waals surface area contributed by atoms with Gasteiger partial charge in [0.2, 0.25) is 10.0 Å². The van der Waals surface area contributed by atoms with E-state index >= 15 is 0 Å². The first-order valence-electron chi connectivity index (χ1n) is 6.05. The zero-order chi connectivity index (χ0) is 13.9. The molecule has 1 aromatic heterocycles. The average molecular weight is 274 g/mol. The maximum Gasteiger partial charge on any atom is 0.244 e. The third-order valence-corrected chi connectivity index (χ3v) is 4.58. The van der Waals surface area contributed by atoms with Gasteiger partial charge >= 0.3 is 0 Å². The number of nitrogens with zero attached hydrogens (tertiary/aromatic N) is 2. The van der Waals surface area contributed by atoms with E-state index in [2.05, 4.69) is 9.82 Å². The van der Waals surface area contributed by atoms with Crippen molar-refractivity contribution < 1.29 is 8.42 Å². The van der Waals surface area contributed by atoms with Crippen LogP contribution >= 0.6 is 0 Å². The smallest absolute Gasteiger partial charge is 0.244 e. The minimum atomic E-state index is -3.53. The minimum absolute atomic E-state index is 0.151. The molecule has 7 heteroatoms. The quantitative estimate of drug-likeness (QED) is 0.787. The van der Waals surface area contributed by atoms with Gasteiger partial charge in [-0.05, 0) is 20.3 Å². The molecule has 0 fully saturated rings. The zero-order valence-electron chi connectivity index (χ0n) is 11.4. The fourth-order valence-corrected chi connectivity index (χ4v) is 3.43. The average Bonchev–Trinajstić information content (AvgIpc) is 2.51. The molecule has 0 bridgehead atoms. The second-order valence-corrected chi connectivity index (χ2v) is 6.23. The van der Waals surface area contributed by atoms with E-state index in [4.69, 9.17) is 5.73 Å². The van der Waals surface area contributed by atoms with E-state index in [9.17, 15) is 8.42 Å². The Bertz CT molecular complexity index is 507. The number of hydrogen-bond donors (Lipinski definition) is 2. The first kappa shape index (κ1) is 15.1. The van der Waals surface area contributed by atoms with Crippen LogP contribution in [0.15, 0.2) is 4.90 Å². The van der Waals surface area contributed by atoms with Crippen molar-refractivity contribution in [2.45, 2.75) is 44.6 Å². The van der Waals surface area contributed by atoms with Gasteiger partial charge in [0.15, 0.2) is 0 Å². The number of hydrogen-bond acceptors (Lipinski definition) is 4. The van der Waals surface area contributed by atoms with Gasteiger partial charge < -0.3 is 5.73 Å². The lowest BCUT2D eigenvalue weighted by Gasteiger charge is -2.12.